The predicted octanol–water partition coefficient (Wildman–Crippen LogP) is 15.1. The molecule has 6 heteroatoms. The SMILES string of the molecule is c1ccc(-c2nc(-c3ccccc3)nc(-c3cc(-c4cccc5oc6ccccc6c45)ccc3-c3cc(-n4c5ccccc5c5ccccc54)cc4c3oc3ccccc34)n2)cc1. The number of furan rings is 2. The van der Waals surface area contributed by atoms with Crippen LogP contribution in [0.25, 0.3) is 128 Å². The molecule has 0 aliphatic heterocycles. The molecule has 0 bridgehead atoms. The Labute approximate surface area is 361 Å². The zero-order valence-corrected chi connectivity index (χ0v) is 33.7. The number of hydrogen-bond acceptors (Lipinski definition) is 5. The van der Waals surface area contributed by atoms with Crippen molar-refractivity contribution in [2.75, 3.05) is 0 Å². The standard InChI is InChI=1S/C57H34N4O2/c1-3-16-35(17-4-1)55-58-56(36-18-5-2-6-19-36)60-57(59-55)47-32-37(39-24-15-29-52-53(39)44-23-10-14-28-51(44)62-52)30-31-40(47)45-33-38(34-46-43-22-9-13-27-50(43)63-54(45)46)61-48-25-11-7-20-41(48)42-21-8-12-26-49(42)61/h1-34H. The van der Waals surface area contributed by atoms with Gasteiger partial charge in [0.05, 0.1) is 11.0 Å². The van der Waals surface area contributed by atoms with Crippen molar-refractivity contribution in [3.63, 3.8) is 0 Å². The number of para-hydroxylation sites is 4. The lowest BCUT2D eigenvalue weighted by Crippen LogP contribution is -2.02. The molecule has 0 saturated carbocycles. The van der Waals surface area contributed by atoms with Gasteiger partial charge >= 0.3 is 0 Å². The molecule has 0 N–H and O–H groups in total. The van der Waals surface area contributed by atoms with Gasteiger partial charge in [-0.15, -0.1) is 0 Å². The summed E-state index contributed by atoms with van der Waals surface area (Å²) in [5.74, 6) is 1.73. The van der Waals surface area contributed by atoms with Crippen molar-refractivity contribution in [2.24, 2.45) is 0 Å². The normalized spacial score (nSPS) is 11.8. The maximum absolute atomic E-state index is 6.90. The van der Waals surface area contributed by atoms with Gasteiger partial charge in [0, 0.05) is 60.3 Å². The molecular weight excluding hydrogens is 773 g/mol. The summed E-state index contributed by atoms with van der Waals surface area (Å²) in [6.07, 6.45) is 0. The molecule has 0 radical (unpaired) electrons. The molecule has 0 saturated heterocycles. The topological polar surface area (TPSA) is 69.9 Å². The van der Waals surface area contributed by atoms with E-state index >= 15 is 0 Å². The van der Waals surface area contributed by atoms with E-state index in [0.717, 1.165) is 99.5 Å². The van der Waals surface area contributed by atoms with Crippen LogP contribution in [0.5, 0.6) is 0 Å². The fourth-order valence-corrected chi connectivity index (χ4v) is 9.42. The Morgan fingerprint density at radius 3 is 1.56 bits per heavy atom. The molecule has 0 amide bonds. The second-order valence-electron chi connectivity index (χ2n) is 15.9. The maximum atomic E-state index is 6.90. The molecule has 0 aliphatic rings. The summed E-state index contributed by atoms with van der Waals surface area (Å²) in [5, 5.41) is 6.59. The Kier molecular flexibility index (Phi) is 7.80. The minimum Gasteiger partial charge on any atom is -0.456 e. The second-order valence-corrected chi connectivity index (χ2v) is 15.9. The molecule has 13 rings (SSSR count). The van der Waals surface area contributed by atoms with Gasteiger partial charge in [0.1, 0.15) is 22.3 Å². The van der Waals surface area contributed by atoms with Gasteiger partial charge in [-0.3, -0.25) is 0 Å². The van der Waals surface area contributed by atoms with Crippen molar-refractivity contribution >= 4 is 65.7 Å². The van der Waals surface area contributed by atoms with Crippen LogP contribution in [0.2, 0.25) is 0 Å². The van der Waals surface area contributed by atoms with Crippen LogP contribution in [0.3, 0.4) is 0 Å². The number of hydrogen-bond donors (Lipinski definition) is 0. The van der Waals surface area contributed by atoms with Crippen LogP contribution in [0.1, 0.15) is 0 Å². The molecule has 9 aromatic carbocycles. The maximum Gasteiger partial charge on any atom is 0.164 e. The van der Waals surface area contributed by atoms with Gasteiger partial charge in [-0.05, 0) is 65.2 Å². The molecule has 4 aromatic heterocycles. The van der Waals surface area contributed by atoms with E-state index in [2.05, 4.69) is 120 Å². The van der Waals surface area contributed by atoms with E-state index in [4.69, 9.17) is 23.8 Å². The van der Waals surface area contributed by atoms with Gasteiger partial charge in [-0.1, -0.05) is 158 Å². The van der Waals surface area contributed by atoms with Gasteiger partial charge < -0.3 is 13.4 Å². The minimum absolute atomic E-state index is 0.551. The summed E-state index contributed by atoms with van der Waals surface area (Å²) < 4.78 is 15.7. The molecule has 63 heavy (non-hydrogen) atoms. The van der Waals surface area contributed by atoms with Crippen LogP contribution < -0.4 is 0 Å². The molecule has 6 nitrogen and oxygen atoms in total. The number of fused-ring (bicyclic) bond motifs is 9. The monoisotopic (exact) mass is 806 g/mol. The van der Waals surface area contributed by atoms with E-state index in [-0.39, 0.29) is 0 Å². The summed E-state index contributed by atoms with van der Waals surface area (Å²) in [4.78, 5) is 15.7. The summed E-state index contributed by atoms with van der Waals surface area (Å²) in [6, 6.07) is 71.5. The van der Waals surface area contributed by atoms with Gasteiger partial charge in [0.15, 0.2) is 17.5 Å². The number of rotatable bonds is 6. The first-order valence-electron chi connectivity index (χ1n) is 21.1. The first kappa shape index (κ1) is 35.2. The third-order valence-corrected chi connectivity index (χ3v) is 12.3. The summed E-state index contributed by atoms with van der Waals surface area (Å²) in [7, 11) is 0. The quantitative estimate of drug-likeness (QED) is 0.167. The number of aromatic nitrogens is 4. The average molecular weight is 807 g/mol. The van der Waals surface area contributed by atoms with Crippen molar-refractivity contribution in [3.8, 4) is 62.1 Å². The average Bonchev–Trinajstić information content (AvgIpc) is 4.04. The highest BCUT2D eigenvalue weighted by atomic mass is 16.3. The van der Waals surface area contributed by atoms with Crippen molar-refractivity contribution in [1.29, 1.82) is 0 Å². The van der Waals surface area contributed by atoms with E-state index in [1.54, 1.807) is 0 Å². The highest BCUT2D eigenvalue weighted by Gasteiger charge is 2.23. The lowest BCUT2D eigenvalue weighted by Gasteiger charge is -2.16. The molecule has 0 spiro atoms. The zero-order chi connectivity index (χ0) is 41.4. The smallest absolute Gasteiger partial charge is 0.164 e. The molecule has 4 heterocycles. The fourth-order valence-electron chi connectivity index (χ4n) is 9.42. The van der Waals surface area contributed by atoms with Crippen LogP contribution in [-0.4, -0.2) is 19.5 Å². The molecule has 294 valence electrons. The van der Waals surface area contributed by atoms with Crippen LogP contribution in [-0.2, 0) is 0 Å². The summed E-state index contributed by atoms with van der Waals surface area (Å²) in [6.45, 7) is 0. The Hall–Kier alpha value is -8.61. The van der Waals surface area contributed by atoms with Crippen molar-refractivity contribution in [3.05, 3.63) is 206 Å². The van der Waals surface area contributed by atoms with Gasteiger partial charge in [0.25, 0.3) is 0 Å². The fraction of sp³-hybridized carbons (Fsp3) is 0. The molecule has 13 aromatic rings. The Morgan fingerprint density at radius 2 is 0.873 bits per heavy atom. The Morgan fingerprint density at radius 1 is 0.317 bits per heavy atom. The van der Waals surface area contributed by atoms with E-state index in [1.165, 1.54) is 10.8 Å². The minimum atomic E-state index is 0.551. The van der Waals surface area contributed by atoms with Gasteiger partial charge in [-0.25, -0.2) is 15.0 Å². The van der Waals surface area contributed by atoms with E-state index in [9.17, 15) is 0 Å². The second kappa shape index (κ2) is 14.0. The largest absolute Gasteiger partial charge is 0.456 e. The van der Waals surface area contributed by atoms with E-state index in [0.29, 0.717) is 17.5 Å². The van der Waals surface area contributed by atoms with Crippen LogP contribution in [0, 0.1) is 0 Å². The Bertz CT molecular complexity index is 3810. The molecule has 0 fully saturated rings. The van der Waals surface area contributed by atoms with Crippen LogP contribution in [0.15, 0.2) is 215 Å². The highest BCUT2D eigenvalue weighted by Crippen LogP contribution is 2.45. The first-order valence-corrected chi connectivity index (χ1v) is 21.1. The predicted molar refractivity (Wildman–Crippen MR) is 256 cm³/mol. The van der Waals surface area contributed by atoms with Crippen LogP contribution >= 0.6 is 0 Å². The van der Waals surface area contributed by atoms with Gasteiger partial charge in [0.2, 0.25) is 0 Å². The van der Waals surface area contributed by atoms with Crippen molar-refractivity contribution in [2.45, 2.75) is 0 Å². The lowest BCUT2D eigenvalue weighted by molar-refractivity contribution is 0.669. The summed E-state index contributed by atoms with van der Waals surface area (Å²) >= 11 is 0. The molecule has 0 aliphatic carbocycles. The number of nitrogens with zero attached hydrogens (tertiary/aromatic N) is 4. The van der Waals surface area contributed by atoms with Gasteiger partial charge in [-0.2, -0.15) is 0 Å². The van der Waals surface area contributed by atoms with Crippen molar-refractivity contribution in [1.82, 2.24) is 19.5 Å². The first-order chi connectivity index (χ1) is 31.2. The third-order valence-electron chi connectivity index (χ3n) is 12.3. The lowest BCUT2D eigenvalue weighted by atomic mass is 9.91. The van der Waals surface area contributed by atoms with E-state index < -0.39 is 0 Å². The van der Waals surface area contributed by atoms with Crippen molar-refractivity contribution < 1.29 is 8.83 Å². The molecular formula is C57H34N4O2. The molecule has 0 atom stereocenters. The highest BCUT2D eigenvalue weighted by molar-refractivity contribution is 6.15. The zero-order valence-electron chi connectivity index (χ0n) is 33.7. The van der Waals surface area contributed by atoms with Crippen LogP contribution in [0.4, 0.5) is 0 Å². The molecule has 0 unspecified atom stereocenters. The van der Waals surface area contributed by atoms with E-state index in [1.807, 2.05) is 91.0 Å². The third kappa shape index (κ3) is 5.62. The number of benzene rings is 9. The Balaban J connectivity index is 1.15. The summed E-state index contributed by atoms with van der Waals surface area (Å²) in [5.41, 5.74) is 13.1.